The van der Waals surface area contributed by atoms with Crippen LogP contribution in [0.1, 0.15) is 37.3 Å². The molecular weight excluding hydrogens is 336 g/mol. The van der Waals surface area contributed by atoms with E-state index in [1.807, 2.05) is 30.3 Å². The van der Waals surface area contributed by atoms with Crippen LogP contribution < -0.4 is 0 Å². The molecule has 0 unspecified atom stereocenters. The lowest BCUT2D eigenvalue weighted by atomic mass is 9.83. The second-order valence-corrected chi connectivity index (χ2v) is 6.90. The van der Waals surface area contributed by atoms with Crippen molar-refractivity contribution in [1.82, 2.24) is 20.2 Å². The summed E-state index contributed by atoms with van der Waals surface area (Å²) in [4.78, 5) is 8.48. The van der Waals surface area contributed by atoms with Crippen LogP contribution in [-0.4, -0.2) is 31.4 Å². The second-order valence-electron chi connectivity index (χ2n) is 6.47. The maximum absolute atomic E-state index is 9.81. The molecular formula is C19H19ClN4O. The van der Waals surface area contributed by atoms with Gasteiger partial charge in [0.1, 0.15) is 12.0 Å². The molecule has 3 aromatic rings. The maximum atomic E-state index is 9.81. The molecule has 2 aromatic heterocycles. The molecule has 6 heteroatoms. The first-order chi connectivity index (χ1) is 12.2. The van der Waals surface area contributed by atoms with Gasteiger partial charge < -0.3 is 5.11 Å². The molecule has 0 aliphatic heterocycles. The van der Waals surface area contributed by atoms with Crippen molar-refractivity contribution in [2.24, 2.45) is 0 Å². The third-order valence-electron chi connectivity index (χ3n) is 4.86. The minimum Gasteiger partial charge on any atom is -0.393 e. The van der Waals surface area contributed by atoms with Gasteiger partial charge in [0.2, 0.25) is 0 Å². The van der Waals surface area contributed by atoms with Crippen LogP contribution in [0, 0.1) is 0 Å². The van der Waals surface area contributed by atoms with Crippen molar-refractivity contribution >= 4 is 11.6 Å². The number of nitrogens with one attached hydrogen (secondary N) is 1. The highest BCUT2D eigenvalue weighted by Gasteiger charge is 2.27. The number of hydrogen-bond donors (Lipinski definition) is 2. The zero-order valence-electron chi connectivity index (χ0n) is 13.7. The van der Waals surface area contributed by atoms with E-state index in [1.165, 1.54) is 0 Å². The number of rotatable bonds is 3. The van der Waals surface area contributed by atoms with Crippen molar-refractivity contribution in [2.75, 3.05) is 0 Å². The number of aliphatic hydroxyl groups excluding tert-OH is 1. The summed E-state index contributed by atoms with van der Waals surface area (Å²) in [5, 5.41) is 18.4. The van der Waals surface area contributed by atoms with Crippen LogP contribution >= 0.6 is 11.6 Å². The highest BCUT2D eigenvalue weighted by atomic mass is 35.5. The van der Waals surface area contributed by atoms with Gasteiger partial charge in [0.15, 0.2) is 0 Å². The number of H-pyrrole nitrogens is 1. The fourth-order valence-electron chi connectivity index (χ4n) is 3.53. The van der Waals surface area contributed by atoms with Crippen LogP contribution in [0.25, 0.3) is 22.5 Å². The van der Waals surface area contributed by atoms with E-state index in [-0.39, 0.29) is 6.10 Å². The number of aliphatic hydroxyl groups is 1. The van der Waals surface area contributed by atoms with E-state index in [0.29, 0.717) is 10.9 Å². The zero-order valence-corrected chi connectivity index (χ0v) is 14.4. The van der Waals surface area contributed by atoms with Crippen molar-refractivity contribution in [3.8, 4) is 22.5 Å². The lowest BCUT2D eigenvalue weighted by molar-refractivity contribution is 0.122. The molecule has 0 saturated heterocycles. The first-order valence-corrected chi connectivity index (χ1v) is 8.89. The van der Waals surface area contributed by atoms with Crippen LogP contribution in [-0.2, 0) is 0 Å². The monoisotopic (exact) mass is 354 g/mol. The summed E-state index contributed by atoms with van der Waals surface area (Å²) in [6, 6.07) is 9.58. The lowest BCUT2D eigenvalue weighted by Gasteiger charge is -2.25. The third kappa shape index (κ3) is 3.30. The van der Waals surface area contributed by atoms with Crippen molar-refractivity contribution in [3.63, 3.8) is 0 Å². The number of aromatic nitrogens is 4. The van der Waals surface area contributed by atoms with Gasteiger partial charge in [0.25, 0.3) is 0 Å². The molecule has 1 aromatic carbocycles. The summed E-state index contributed by atoms with van der Waals surface area (Å²) in [7, 11) is 0. The summed E-state index contributed by atoms with van der Waals surface area (Å²) < 4.78 is 0. The Morgan fingerprint density at radius 1 is 1.04 bits per heavy atom. The predicted octanol–water partition coefficient (Wildman–Crippen LogP) is 4.21. The Kier molecular flexibility index (Phi) is 4.51. The molecule has 25 heavy (non-hydrogen) atoms. The van der Waals surface area contributed by atoms with Crippen molar-refractivity contribution in [2.45, 2.75) is 37.7 Å². The quantitative estimate of drug-likeness (QED) is 0.739. The first-order valence-electron chi connectivity index (χ1n) is 8.51. The molecule has 0 amide bonds. The summed E-state index contributed by atoms with van der Waals surface area (Å²) >= 11 is 6.02. The maximum Gasteiger partial charge on any atom is 0.116 e. The summed E-state index contributed by atoms with van der Waals surface area (Å²) in [5.74, 6) is 0.349. The Hall–Kier alpha value is -2.24. The van der Waals surface area contributed by atoms with E-state index < -0.39 is 0 Å². The van der Waals surface area contributed by atoms with Gasteiger partial charge in [-0.1, -0.05) is 23.7 Å². The molecule has 0 spiro atoms. The van der Waals surface area contributed by atoms with Crippen molar-refractivity contribution in [1.29, 1.82) is 0 Å². The predicted molar refractivity (Wildman–Crippen MR) is 97.3 cm³/mol. The number of nitrogens with zero attached hydrogens (tertiary/aromatic N) is 3. The van der Waals surface area contributed by atoms with Crippen molar-refractivity contribution < 1.29 is 5.11 Å². The van der Waals surface area contributed by atoms with E-state index >= 15 is 0 Å². The van der Waals surface area contributed by atoms with E-state index in [0.717, 1.165) is 53.9 Å². The van der Waals surface area contributed by atoms with Crippen LogP contribution in [0.15, 0.2) is 42.9 Å². The standard InChI is InChI=1S/C19H19ClN4O/c20-14-5-1-12(2-6-14)18-17(16-9-10-21-11-22-16)19(24-23-18)13-3-7-15(25)8-4-13/h1-2,5-6,9-11,13,15,25H,3-4,7-8H2,(H,23,24)/t13-,15-. The van der Waals surface area contributed by atoms with Gasteiger partial charge in [0, 0.05) is 34.0 Å². The molecule has 4 rings (SSSR count). The molecule has 1 fully saturated rings. The fourth-order valence-corrected chi connectivity index (χ4v) is 3.66. The molecule has 1 aliphatic rings. The zero-order chi connectivity index (χ0) is 17.2. The van der Waals surface area contributed by atoms with Crippen LogP contribution in [0.3, 0.4) is 0 Å². The van der Waals surface area contributed by atoms with Gasteiger partial charge in [-0.05, 0) is 43.9 Å². The van der Waals surface area contributed by atoms with Gasteiger partial charge >= 0.3 is 0 Å². The highest BCUT2D eigenvalue weighted by molar-refractivity contribution is 6.30. The van der Waals surface area contributed by atoms with E-state index in [1.54, 1.807) is 12.5 Å². The highest BCUT2D eigenvalue weighted by Crippen LogP contribution is 2.40. The Morgan fingerprint density at radius 2 is 1.80 bits per heavy atom. The number of benzene rings is 1. The van der Waals surface area contributed by atoms with Gasteiger partial charge in [-0.3, -0.25) is 5.10 Å². The van der Waals surface area contributed by atoms with E-state index in [2.05, 4.69) is 20.2 Å². The van der Waals surface area contributed by atoms with Gasteiger partial charge in [-0.2, -0.15) is 5.10 Å². The molecule has 0 radical (unpaired) electrons. The Morgan fingerprint density at radius 3 is 2.48 bits per heavy atom. The van der Waals surface area contributed by atoms with Gasteiger partial charge in [-0.15, -0.1) is 0 Å². The minimum atomic E-state index is -0.183. The molecule has 0 atom stereocenters. The van der Waals surface area contributed by atoms with Crippen LogP contribution in [0.2, 0.25) is 5.02 Å². The molecule has 1 aliphatic carbocycles. The number of aromatic amines is 1. The van der Waals surface area contributed by atoms with Crippen molar-refractivity contribution in [3.05, 3.63) is 53.6 Å². The Bertz CT molecular complexity index is 840. The number of hydrogen-bond acceptors (Lipinski definition) is 4. The summed E-state index contributed by atoms with van der Waals surface area (Å²) in [6.45, 7) is 0. The third-order valence-corrected chi connectivity index (χ3v) is 5.11. The molecule has 2 N–H and O–H groups in total. The molecule has 0 bridgehead atoms. The number of halogens is 1. The SMILES string of the molecule is O[C@H]1CC[C@H](c2[nH]nc(-c3ccc(Cl)cc3)c2-c2ccncn2)CC1. The van der Waals surface area contributed by atoms with Gasteiger partial charge in [0.05, 0.1) is 11.8 Å². The summed E-state index contributed by atoms with van der Waals surface area (Å²) in [6.07, 6.45) is 6.66. The first kappa shape index (κ1) is 16.2. The second kappa shape index (κ2) is 6.94. The Balaban J connectivity index is 1.81. The summed E-state index contributed by atoms with van der Waals surface area (Å²) in [5.41, 5.74) is 4.84. The topological polar surface area (TPSA) is 74.7 Å². The molecule has 2 heterocycles. The largest absolute Gasteiger partial charge is 0.393 e. The smallest absolute Gasteiger partial charge is 0.116 e. The van der Waals surface area contributed by atoms with E-state index in [9.17, 15) is 5.11 Å². The fraction of sp³-hybridized carbons (Fsp3) is 0.316. The van der Waals surface area contributed by atoms with E-state index in [4.69, 9.17) is 11.6 Å². The molecule has 1 saturated carbocycles. The average Bonchev–Trinajstić information content (AvgIpc) is 3.09. The van der Waals surface area contributed by atoms with Crippen LogP contribution in [0.5, 0.6) is 0 Å². The average molecular weight is 355 g/mol. The molecule has 5 nitrogen and oxygen atoms in total. The molecule has 128 valence electrons. The minimum absolute atomic E-state index is 0.183. The Labute approximate surface area is 151 Å². The van der Waals surface area contributed by atoms with Gasteiger partial charge in [-0.25, -0.2) is 9.97 Å². The lowest BCUT2D eigenvalue weighted by Crippen LogP contribution is -2.17. The normalized spacial score (nSPS) is 20.6. The van der Waals surface area contributed by atoms with Crippen LogP contribution in [0.4, 0.5) is 0 Å².